The van der Waals surface area contributed by atoms with Crippen LogP contribution in [0.4, 0.5) is 4.79 Å². The zero-order valence-corrected chi connectivity index (χ0v) is 14.2. The van der Waals surface area contributed by atoms with Gasteiger partial charge in [0.2, 0.25) is 0 Å². The lowest BCUT2D eigenvalue weighted by Gasteiger charge is -2.38. The van der Waals surface area contributed by atoms with Crippen molar-refractivity contribution in [3.8, 4) is 11.8 Å². The molecule has 23 heavy (non-hydrogen) atoms. The fraction of sp³-hybridized carbons (Fsp3) is 0.529. The second-order valence-corrected chi connectivity index (χ2v) is 7.25. The van der Waals surface area contributed by atoms with E-state index in [1.807, 2.05) is 13.8 Å². The van der Waals surface area contributed by atoms with Crippen LogP contribution in [0.15, 0.2) is 18.2 Å². The van der Waals surface area contributed by atoms with Crippen LogP contribution in [0.1, 0.15) is 58.2 Å². The Kier molecular flexibility index (Phi) is 4.53. The second-order valence-electron chi connectivity index (χ2n) is 7.25. The number of carbonyl (C=O) groups is 1. The molecule has 0 saturated heterocycles. The predicted octanol–water partition coefficient (Wildman–Crippen LogP) is 3.19. The summed E-state index contributed by atoms with van der Waals surface area (Å²) < 4.78 is 11.2. The number of hydrogen-bond acceptors (Lipinski definition) is 5. The fourth-order valence-corrected chi connectivity index (χ4v) is 2.50. The average Bonchev–Trinajstić information content (AvgIpc) is 2.41. The number of ether oxygens (including phenoxy) is 2. The Hall–Kier alpha value is -2.26. The zero-order valence-electron chi connectivity index (χ0n) is 14.2. The third-order valence-corrected chi connectivity index (χ3v) is 3.34. The van der Waals surface area contributed by atoms with Crippen LogP contribution in [0.2, 0.25) is 0 Å². The van der Waals surface area contributed by atoms with Crippen LogP contribution in [0, 0.1) is 11.3 Å². The van der Waals surface area contributed by atoms with E-state index in [9.17, 15) is 4.79 Å². The third kappa shape index (κ3) is 4.60. The molecule has 0 unspecified atom stereocenters. The van der Waals surface area contributed by atoms with Gasteiger partial charge in [-0.15, -0.1) is 0 Å². The minimum Gasteiger partial charge on any atom is -0.487 e. The molecule has 0 saturated carbocycles. The van der Waals surface area contributed by atoms with Crippen LogP contribution < -0.4 is 15.6 Å². The lowest BCUT2D eigenvalue weighted by Crippen LogP contribution is -2.47. The Bertz CT molecular complexity index is 641. The molecule has 1 aliphatic heterocycles. The highest BCUT2D eigenvalue weighted by Crippen LogP contribution is 2.39. The molecule has 1 atom stereocenters. The van der Waals surface area contributed by atoms with Crippen molar-refractivity contribution in [3.63, 3.8) is 0 Å². The quantitative estimate of drug-likeness (QED) is 0.818. The number of hydrazine groups is 1. The molecule has 1 aromatic rings. The summed E-state index contributed by atoms with van der Waals surface area (Å²) in [5.74, 6) is 0.712. The summed E-state index contributed by atoms with van der Waals surface area (Å²) in [5, 5.41) is 9.07. The second kappa shape index (κ2) is 6.09. The average molecular weight is 317 g/mol. The number of amides is 1. The summed E-state index contributed by atoms with van der Waals surface area (Å²) in [6.07, 6.45) is 0.102. The lowest BCUT2D eigenvalue weighted by molar-refractivity contribution is 0.0406. The number of nitrogens with zero attached hydrogens (tertiary/aromatic N) is 1. The summed E-state index contributed by atoms with van der Waals surface area (Å²) in [4.78, 5) is 11.8. The predicted molar refractivity (Wildman–Crippen MR) is 85.7 cm³/mol. The van der Waals surface area contributed by atoms with Gasteiger partial charge >= 0.3 is 6.09 Å². The van der Waals surface area contributed by atoms with E-state index in [0.29, 0.717) is 17.7 Å². The minimum absolute atomic E-state index is 0.172. The molecule has 2 rings (SSSR count). The Labute approximate surface area is 136 Å². The topological polar surface area (TPSA) is 83.4 Å². The first-order chi connectivity index (χ1) is 10.6. The highest BCUT2D eigenvalue weighted by molar-refractivity contribution is 5.67. The van der Waals surface area contributed by atoms with E-state index in [1.165, 1.54) is 0 Å². The van der Waals surface area contributed by atoms with Gasteiger partial charge in [-0.25, -0.2) is 10.2 Å². The van der Waals surface area contributed by atoms with Crippen LogP contribution in [0.25, 0.3) is 0 Å². The van der Waals surface area contributed by atoms with Crippen molar-refractivity contribution >= 4 is 6.09 Å². The van der Waals surface area contributed by atoms with Gasteiger partial charge in [-0.1, -0.05) is 0 Å². The molecule has 1 aromatic carbocycles. The first-order valence-electron chi connectivity index (χ1n) is 7.57. The Morgan fingerprint density at radius 3 is 2.74 bits per heavy atom. The van der Waals surface area contributed by atoms with E-state index in [2.05, 4.69) is 16.9 Å². The van der Waals surface area contributed by atoms with E-state index in [1.54, 1.807) is 39.0 Å². The minimum atomic E-state index is -0.563. The van der Waals surface area contributed by atoms with Crippen molar-refractivity contribution in [2.75, 3.05) is 0 Å². The van der Waals surface area contributed by atoms with Gasteiger partial charge in [0.05, 0.1) is 17.7 Å². The molecule has 124 valence electrons. The van der Waals surface area contributed by atoms with Crippen LogP contribution in [-0.4, -0.2) is 17.3 Å². The number of nitrogens with one attached hydrogen (secondary N) is 2. The van der Waals surface area contributed by atoms with Crippen LogP contribution in [0.3, 0.4) is 0 Å². The molecule has 0 fully saturated rings. The molecule has 0 spiro atoms. The Morgan fingerprint density at radius 2 is 2.13 bits per heavy atom. The Morgan fingerprint density at radius 1 is 1.43 bits per heavy atom. The van der Waals surface area contributed by atoms with E-state index in [4.69, 9.17) is 14.7 Å². The molecule has 2 N–H and O–H groups in total. The third-order valence-electron chi connectivity index (χ3n) is 3.34. The molecular weight excluding hydrogens is 294 g/mol. The van der Waals surface area contributed by atoms with Crippen LogP contribution >= 0.6 is 0 Å². The van der Waals surface area contributed by atoms with Crippen molar-refractivity contribution < 1.29 is 14.3 Å². The monoisotopic (exact) mass is 317 g/mol. The fourth-order valence-electron chi connectivity index (χ4n) is 2.50. The summed E-state index contributed by atoms with van der Waals surface area (Å²) >= 11 is 0. The molecule has 6 heteroatoms. The number of fused-ring (bicyclic) bond motifs is 1. The number of rotatable bonds is 2. The van der Waals surface area contributed by atoms with Gasteiger partial charge in [-0.05, 0) is 52.8 Å². The van der Waals surface area contributed by atoms with Gasteiger partial charge in [-0.3, -0.25) is 5.43 Å². The maximum absolute atomic E-state index is 11.8. The molecule has 1 amide bonds. The molecule has 6 nitrogen and oxygen atoms in total. The Balaban J connectivity index is 2.15. The van der Waals surface area contributed by atoms with Crippen LogP contribution in [-0.2, 0) is 4.74 Å². The van der Waals surface area contributed by atoms with Crippen molar-refractivity contribution in [3.05, 3.63) is 29.3 Å². The highest BCUT2D eigenvalue weighted by Gasteiger charge is 2.34. The van der Waals surface area contributed by atoms with Gasteiger partial charge < -0.3 is 9.47 Å². The smallest absolute Gasteiger partial charge is 0.422 e. The summed E-state index contributed by atoms with van der Waals surface area (Å²) in [6, 6.07) is 7.23. The van der Waals surface area contributed by atoms with Gasteiger partial charge in [-0.2, -0.15) is 5.26 Å². The van der Waals surface area contributed by atoms with E-state index in [0.717, 1.165) is 5.56 Å². The van der Waals surface area contributed by atoms with E-state index < -0.39 is 11.7 Å². The normalized spacial score (nSPS) is 19.0. The first-order valence-corrected chi connectivity index (χ1v) is 7.57. The molecule has 0 radical (unpaired) electrons. The lowest BCUT2D eigenvalue weighted by atomic mass is 9.89. The molecular formula is C17H23N3O3. The standard InChI is InChI=1S/C17H23N3O3/c1-16(2,3)23-15(21)20-19-13-9-17(4,5)22-14-7-6-11(10-18)8-12(13)14/h6-8,13,19H,9H2,1-5H3,(H,20,21)/t13-/m1/s1. The summed E-state index contributed by atoms with van der Waals surface area (Å²) in [7, 11) is 0. The number of carbonyl (C=O) groups excluding carboxylic acids is 1. The van der Waals surface area contributed by atoms with Crippen LogP contribution in [0.5, 0.6) is 5.75 Å². The molecule has 0 bridgehead atoms. The SMILES string of the molecule is CC(C)(C)OC(=O)NN[C@@H]1CC(C)(C)Oc2ccc(C#N)cc21. The largest absolute Gasteiger partial charge is 0.487 e. The number of nitriles is 1. The maximum Gasteiger partial charge on any atom is 0.422 e. The van der Waals surface area contributed by atoms with Gasteiger partial charge in [0, 0.05) is 12.0 Å². The molecule has 1 aliphatic rings. The molecule has 0 aliphatic carbocycles. The maximum atomic E-state index is 11.8. The van der Waals surface area contributed by atoms with Crippen molar-refractivity contribution in [1.82, 2.24) is 10.9 Å². The molecule has 0 aromatic heterocycles. The van der Waals surface area contributed by atoms with E-state index in [-0.39, 0.29) is 11.6 Å². The van der Waals surface area contributed by atoms with Gasteiger partial charge in [0.1, 0.15) is 17.0 Å². The van der Waals surface area contributed by atoms with Crippen molar-refractivity contribution in [2.24, 2.45) is 0 Å². The summed E-state index contributed by atoms with van der Waals surface area (Å²) in [6.45, 7) is 9.38. The van der Waals surface area contributed by atoms with Crippen molar-refractivity contribution in [1.29, 1.82) is 5.26 Å². The highest BCUT2D eigenvalue weighted by atomic mass is 16.6. The van der Waals surface area contributed by atoms with Gasteiger partial charge in [0.15, 0.2) is 0 Å². The van der Waals surface area contributed by atoms with E-state index >= 15 is 0 Å². The zero-order chi connectivity index (χ0) is 17.3. The number of hydrogen-bond donors (Lipinski definition) is 2. The number of benzene rings is 1. The van der Waals surface area contributed by atoms with Crippen molar-refractivity contribution in [2.45, 2.75) is 58.3 Å². The van der Waals surface area contributed by atoms with Gasteiger partial charge in [0.25, 0.3) is 0 Å². The first kappa shape index (κ1) is 17.1. The summed E-state index contributed by atoms with van der Waals surface area (Å²) in [5.41, 5.74) is 6.02. The molecule has 1 heterocycles.